The molecule has 2 N–H and O–H groups in total. The molecule has 1 aliphatic carbocycles. The van der Waals surface area contributed by atoms with Crippen LogP contribution in [0, 0.1) is 11.7 Å². The maximum atomic E-state index is 13.5. The molecule has 90 valence electrons. The molecular formula is C12H16Cl2FN. The Morgan fingerprint density at radius 2 is 1.94 bits per heavy atom. The van der Waals surface area contributed by atoms with Crippen LogP contribution < -0.4 is 5.73 Å². The van der Waals surface area contributed by atoms with Crippen molar-refractivity contribution in [1.82, 2.24) is 0 Å². The molecule has 0 radical (unpaired) electrons. The first kappa shape index (κ1) is 13.8. The van der Waals surface area contributed by atoms with Crippen LogP contribution in [0.5, 0.6) is 0 Å². The number of hydrogen-bond acceptors (Lipinski definition) is 1. The van der Waals surface area contributed by atoms with Gasteiger partial charge in [-0.1, -0.05) is 24.4 Å². The molecule has 0 amide bonds. The summed E-state index contributed by atoms with van der Waals surface area (Å²) in [6, 6.07) is 4.40. The predicted octanol–water partition coefficient (Wildman–Crippen LogP) is 4.09. The topological polar surface area (TPSA) is 26.0 Å². The molecule has 0 saturated heterocycles. The molecule has 1 nitrogen and oxygen atoms in total. The molecule has 0 bridgehead atoms. The van der Waals surface area contributed by atoms with Crippen LogP contribution in [0.15, 0.2) is 18.2 Å². The summed E-state index contributed by atoms with van der Waals surface area (Å²) < 4.78 is 13.5. The normalized spacial score (nSPS) is 18.2. The van der Waals surface area contributed by atoms with Crippen molar-refractivity contribution in [2.45, 2.75) is 31.7 Å². The van der Waals surface area contributed by atoms with E-state index in [9.17, 15) is 4.39 Å². The summed E-state index contributed by atoms with van der Waals surface area (Å²) in [5, 5.41) is 0.555. The Morgan fingerprint density at radius 3 is 2.56 bits per heavy atom. The fourth-order valence-electron chi connectivity index (χ4n) is 2.34. The van der Waals surface area contributed by atoms with E-state index < -0.39 is 0 Å². The van der Waals surface area contributed by atoms with E-state index in [0.717, 1.165) is 12.8 Å². The van der Waals surface area contributed by atoms with Gasteiger partial charge in [0, 0.05) is 16.6 Å². The average molecular weight is 264 g/mol. The second kappa shape index (κ2) is 5.85. The fourth-order valence-corrected chi connectivity index (χ4v) is 2.52. The molecule has 1 atom stereocenters. The lowest BCUT2D eigenvalue weighted by atomic mass is 9.92. The zero-order valence-electron chi connectivity index (χ0n) is 8.96. The summed E-state index contributed by atoms with van der Waals surface area (Å²) in [6.45, 7) is 0. The lowest BCUT2D eigenvalue weighted by molar-refractivity contribution is 0.429. The molecule has 1 aromatic rings. The van der Waals surface area contributed by atoms with Gasteiger partial charge in [0.1, 0.15) is 5.82 Å². The summed E-state index contributed by atoms with van der Waals surface area (Å²) in [7, 11) is 0. The summed E-state index contributed by atoms with van der Waals surface area (Å²) in [5.74, 6) is 0.178. The summed E-state index contributed by atoms with van der Waals surface area (Å²) >= 11 is 5.85. The molecule has 2 rings (SSSR count). The molecule has 0 heterocycles. The minimum Gasteiger partial charge on any atom is -0.324 e. The maximum absolute atomic E-state index is 13.5. The van der Waals surface area contributed by atoms with Crippen LogP contribution in [0.2, 0.25) is 5.02 Å². The van der Waals surface area contributed by atoms with E-state index in [4.69, 9.17) is 17.3 Å². The van der Waals surface area contributed by atoms with E-state index in [1.165, 1.54) is 18.9 Å². The summed E-state index contributed by atoms with van der Waals surface area (Å²) in [5.41, 5.74) is 6.64. The van der Waals surface area contributed by atoms with E-state index in [2.05, 4.69) is 0 Å². The summed E-state index contributed by atoms with van der Waals surface area (Å²) in [6.07, 6.45) is 4.63. The molecule has 1 fully saturated rings. The van der Waals surface area contributed by atoms with Gasteiger partial charge in [0.05, 0.1) is 0 Å². The minimum absolute atomic E-state index is 0. The van der Waals surface area contributed by atoms with E-state index in [-0.39, 0.29) is 24.3 Å². The van der Waals surface area contributed by atoms with Crippen LogP contribution in [0.3, 0.4) is 0 Å². The predicted molar refractivity (Wildman–Crippen MR) is 67.5 cm³/mol. The molecular weight excluding hydrogens is 248 g/mol. The number of hydrogen-bond donors (Lipinski definition) is 1. The number of nitrogens with two attached hydrogens (primary N) is 1. The van der Waals surface area contributed by atoms with Gasteiger partial charge >= 0.3 is 0 Å². The highest BCUT2D eigenvalue weighted by Crippen LogP contribution is 2.35. The number of halogens is 3. The largest absolute Gasteiger partial charge is 0.324 e. The Bertz CT molecular complexity index is 351. The van der Waals surface area contributed by atoms with Crippen LogP contribution in [0.4, 0.5) is 4.39 Å². The van der Waals surface area contributed by atoms with Crippen molar-refractivity contribution < 1.29 is 4.39 Å². The van der Waals surface area contributed by atoms with Crippen molar-refractivity contribution in [2.24, 2.45) is 11.7 Å². The Labute approximate surface area is 107 Å². The van der Waals surface area contributed by atoms with Gasteiger partial charge in [-0.2, -0.15) is 0 Å². The second-order valence-electron chi connectivity index (χ2n) is 4.24. The highest BCUT2D eigenvalue weighted by Gasteiger charge is 2.25. The van der Waals surface area contributed by atoms with Gasteiger partial charge in [0.15, 0.2) is 0 Å². The van der Waals surface area contributed by atoms with Gasteiger partial charge in [-0.05, 0) is 37.0 Å². The van der Waals surface area contributed by atoms with Gasteiger partial charge < -0.3 is 5.73 Å². The zero-order chi connectivity index (χ0) is 10.8. The average Bonchev–Trinajstić information content (AvgIpc) is 2.74. The summed E-state index contributed by atoms with van der Waals surface area (Å²) in [4.78, 5) is 0. The lowest BCUT2D eigenvalue weighted by Gasteiger charge is -2.19. The SMILES string of the molecule is Cl.N[C@H](c1cc(Cl)ccc1F)C1CCCC1. The monoisotopic (exact) mass is 263 g/mol. The van der Waals surface area contributed by atoms with Gasteiger partial charge in [-0.25, -0.2) is 4.39 Å². The highest BCUT2D eigenvalue weighted by molar-refractivity contribution is 6.30. The third-order valence-electron chi connectivity index (χ3n) is 3.22. The van der Waals surface area contributed by atoms with Crippen LogP contribution in [0.1, 0.15) is 37.3 Å². The first-order valence-corrected chi connectivity index (χ1v) is 5.77. The highest BCUT2D eigenvalue weighted by atomic mass is 35.5. The Kier molecular flexibility index (Phi) is 5.03. The van der Waals surface area contributed by atoms with Crippen LogP contribution in [0.25, 0.3) is 0 Å². The van der Waals surface area contributed by atoms with Crippen molar-refractivity contribution in [3.05, 3.63) is 34.6 Å². The van der Waals surface area contributed by atoms with Crippen molar-refractivity contribution >= 4 is 24.0 Å². The first-order chi connectivity index (χ1) is 7.18. The van der Waals surface area contributed by atoms with Crippen molar-refractivity contribution in [2.75, 3.05) is 0 Å². The molecule has 0 aliphatic heterocycles. The Hall–Kier alpha value is -0.310. The molecule has 16 heavy (non-hydrogen) atoms. The van der Waals surface area contributed by atoms with E-state index in [1.807, 2.05) is 0 Å². The van der Waals surface area contributed by atoms with Crippen LogP contribution in [-0.4, -0.2) is 0 Å². The first-order valence-electron chi connectivity index (χ1n) is 5.39. The molecule has 0 unspecified atom stereocenters. The molecule has 1 aliphatic rings. The Morgan fingerprint density at radius 1 is 1.31 bits per heavy atom. The van der Waals surface area contributed by atoms with Gasteiger partial charge in [0.2, 0.25) is 0 Å². The van der Waals surface area contributed by atoms with E-state index in [0.29, 0.717) is 16.5 Å². The number of benzene rings is 1. The van der Waals surface area contributed by atoms with Gasteiger partial charge in [0.25, 0.3) is 0 Å². The maximum Gasteiger partial charge on any atom is 0.128 e. The van der Waals surface area contributed by atoms with E-state index in [1.54, 1.807) is 12.1 Å². The third-order valence-corrected chi connectivity index (χ3v) is 3.46. The second-order valence-corrected chi connectivity index (χ2v) is 4.67. The fraction of sp³-hybridized carbons (Fsp3) is 0.500. The molecule has 1 aromatic carbocycles. The lowest BCUT2D eigenvalue weighted by Crippen LogP contribution is -2.20. The Balaban J connectivity index is 0.00000128. The third kappa shape index (κ3) is 2.88. The van der Waals surface area contributed by atoms with Gasteiger partial charge in [-0.15, -0.1) is 12.4 Å². The zero-order valence-corrected chi connectivity index (χ0v) is 10.5. The smallest absolute Gasteiger partial charge is 0.128 e. The molecule has 0 spiro atoms. The minimum atomic E-state index is -0.237. The molecule has 4 heteroatoms. The van der Waals surface area contributed by atoms with Crippen molar-refractivity contribution in [3.63, 3.8) is 0 Å². The van der Waals surface area contributed by atoms with Gasteiger partial charge in [-0.3, -0.25) is 0 Å². The van der Waals surface area contributed by atoms with Crippen LogP contribution >= 0.6 is 24.0 Å². The standard InChI is InChI=1S/C12H15ClFN.ClH/c13-9-5-6-11(14)10(7-9)12(15)8-3-1-2-4-8;/h5-8,12H,1-4,15H2;1H/t12-;/m0./s1. The molecule has 1 saturated carbocycles. The van der Waals surface area contributed by atoms with E-state index >= 15 is 0 Å². The van der Waals surface area contributed by atoms with Crippen LogP contribution in [-0.2, 0) is 0 Å². The quantitative estimate of drug-likeness (QED) is 0.855. The molecule has 0 aromatic heterocycles. The van der Waals surface area contributed by atoms with Crippen molar-refractivity contribution in [3.8, 4) is 0 Å². The van der Waals surface area contributed by atoms with Crippen molar-refractivity contribution in [1.29, 1.82) is 0 Å². The number of rotatable bonds is 2.